The molecule has 1 aliphatic carbocycles. The van der Waals surface area contributed by atoms with E-state index in [1.165, 1.54) is 6.42 Å². The van der Waals surface area contributed by atoms with E-state index >= 15 is 0 Å². The molecule has 0 spiro atoms. The largest absolute Gasteiger partial charge is 0.373 e. The molecule has 0 amide bonds. The summed E-state index contributed by atoms with van der Waals surface area (Å²) in [5.41, 5.74) is 4.48. The summed E-state index contributed by atoms with van der Waals surface area (Å²) in [7, 11) is 0. The third-order valence-corrected chi connectivity index (χ3v) is 6.02. The standard InChI is InChI=1S/C25H23N9.CO2/c26-14-17-4-1-5-18(12-17)21-13-22(30-25(29-21)28-19-8-9-19)23-16-34(32-31-23)15-20-6-2-7-24(27-20)33-10-3-11-33;2-1-3/h1-2,4-7,12-13,16,19H,3,8-11,15H2,(H,28,29,30);. The Bertz CT molecular complexity index is 1480. The van der Waals surface area contributed by atoms with Crippen molar-refractivity contribution in [1.29, 1.82) is 5.26 Å². The predicted octanol–water partition coefficient (Wildman–Crippen LogP) is 2.92. The van der Waals surface area contributed by atoms with Gasteiger partial charge in [-0.3, -0.25) is 0 Å². The number of nitrogens with one attached hydrogen (secondary N) is 1. The lowest BCUT2D eigenvalue weighted by molar-refractivity contribution is -0.191. The van der Waals surface area contributed by atoms with E-state index in [4.69, 9.17) is 24.5 Å². The molecule has 11 heteroatoms. The minimum Gasteiger partial charge on any atom is -0.356 e. The second-order valence-corrected chi connectivity index (χ2v) is 8.79. The van der Waals surface area contributed by atoms with Gasteiger partial charge in [-0.2, -0.15) is 14.9 Å². The van der Waals surface area contributed by atoms with Gasteiger partial charge >= 0.3 is 6.15 Å². The number of rotatable bonds is 7. The van der Waals surface area contributed by atoms with E-state index in [9.17, 15) is 5.26 Å². The monoisotopic (exact) mass is 493 g/mol. The van der Waals surface area contributed by atoms with Crippen LogP contribution < -0.4 is 10.2 Å². The highest BCUT2D eigenvalue weighted by Crippen LogP contribution is 2.28. The Morgan fingerprint density at radius 1 is 0.973 bits per heavy atom. The molecular weight excluding hydrogens is 470 g/mol. The summed E-state index contributed by atoms with van der Waals surface area (Å²) in [6.45, 7) is 2.66. The first kappa shape index (κ1) is 23.8. The summed E-state index contributed by atoms with van der Waals surface area (Å²) >= 11 is 0. The molecule has 4 aromatic rings. The number of nitriles is 1. The van der Waals surface area contributed by atoms with Crippen molar-refractivity contribution in [2.45, 2.75) is 31.8 Å². The average molecular weight is 494 g/mol. The Morgan fingerprint density at radius 2 is 1.76 bits per heavy atom. The van der Waals surface area contributed by atoms with Gasteiger partial charge in [-0.15, -0.1) is 5.10 Å². The molecule has 0 radical (unpaired) electrons. The van der Waals surface area contributed by atoms with Gasteiger partial charge in [0.15, 0.2) is 0 Å². The Hall–Kier alpha value is -4.94. The number of carbonyl (C=O) groups excluding carboxylic acids is 2. The number of hydrogen-bond donors (Lipinski definition) is 1. The first-order valence-electron chi connectivity index (χ1n) is 11.9. The van der Waals surface area contributed by atoms with Crippen molar-refractivity contribution in [3.63, 3.8) is 0 Å². The van der Waals surface area contributed by atoms with E-state index < -0.39 is 0 Å². The SMILES string of the molecule is N#Cc1cccc(-c2cc(-c3cn(Cc4cccc(N5CCC5)n4)nn3)nc(NC3CC3)n2)c1.O=C=O. The predicted molar refractivity (Wildman–Crippen MR) is 133 cm³/mol. The highest BCUT2D eigenvalue weighted by molar-refractivity contribution is 5.68. The third-order valence-electron chi connectivity index (χ3n) is 6.02. The zero-order valence-electron chi connectivity index (χ0n) is 19.9. The summed E-state index contributed by atoms with van der Waals surface area (Å²) in [5.74, 6) is 1.58. The first-order valence-corrected chi connectivity index (χ1v) is 11.9. The molecule has 6 rings (SSSR count). The smallest absolute Gasteiger partial charge is 0.356 e. The Balaban J connectivity index is 0.000000892. The summed E-state index contributed by atoms with van der Waals surface area (Å²) in [5, 5.41) is 21.4. The van der Waals surface area contributed by atoms with Crippen molar-refractivity contribution in [1.82, 2.24) is 29.9 Å². The normalized spacial score (nSPS) is 14.0. The highest BCUT2D eigenvalue weighted by Gasteiger charge is 2.23. The quantitative estimate of drug-likeness (QED) is 0.408. The van der Waals surface area contributed by atoms with Gasteiger partial charge < -0.3 is 10.2 Å². The molecule has 1 saturated carbocycles. The molecule has 0 atom stereocenters. The molecular formula is C26H23N9O2. The maximum atomic E-state index is 9.29. The number of benzene rings is 1. The molecule has 1 aliphatic heterocycles. The molecule has 1 aromatic carbocycles. The molecule has 11 nitrogen and oxygen atoms in total. The van der Waals surface area contributed by atoms with Crippen LogP contribution in [0.2, 0.25) is 0 Å². The maximum Gasteiger partial charge on any atom is 0.373 e. The lowest BCUT2D eigenvalue weighted by Gasteiger charge is -2.32. The van der Waals surface area contributed by atoms with Gasteiger partial charge in [-0.05, 0) is 49.6 Å². The van der Waals surface area contributed by atoms with Crippen LogP contribution >= 0.6 is 0 Å². The number of pyridine rings is 1. The van der Waals surface area contributed by atoms with Crippen LogP contribution in [0.4, 0.5) is 11.8 Å². The highest BCUT2D eigenvalue weighted by atomic mass is 16.2. The second-order valence-electron chi connectivity index (χ2n) is 8.79. The Morgan fingerprint density at radius 3 is 2.49 bits per heavy atom. The Kier molecular flexibility index (Phi) is 6.92. The minimum absolute atomic E-state index is 0.250. The molecule has 0 unspecified atom stereocenters. The lowest BCUT2D eigenvalue weighted by atomic mass is 10.1. The van der Waals surface area contributed by atoms with Gasteiger partial charge in [-0.1, -0.05) is 23.4 Å². The van der Waals surface area contributed by atoms with E-state index in [2.05, 4.69) is 26.6 Å². The van der Waals surface area contributed by atoms with Gasteiger partial charge in [-0.25, -0.2) is 19.6 Å². The van der Waals surface area contributed by atoms with Crippen LogP contribution in [0.25, 0.3) is 22.6 Å². The summed E-state index contributed by atoms with van der Waals surface area (Å²) in [4.78, 5) is 32.7. The van der Waals surface area contributed by atoms with Crippen molar-refractivity contribution in [3.05, 3.63) is 66.0 Å². The fourth-order valence-electron chi connectivity index (χ4n) is 3.88. The van der Waals surface area contributed by atoms with Crippen LogP contribution in [0.1, 0.15) is 30.5 Å². The molecule has 1 N–H and O–H groups in total. The Labute approximate surface area is 212 Å². The molecule has 0 bridgehead atoms. The van der Waals surface area contributed by atoms with E-state index in [-0.39, 0.29) is 6.15 Å². The van der Waals surface area contributed by atoms with Crippen molar-refractivity contribution >= 4 is 17.9 Å². The molecule has 2 fully saturated rings. The topological polar surface area (TPSA) is 143 Å². The fourth-order valence-corrected chi connectivity index (χ4v) is 3.88. The van der Waals surface area contributed by atoms with Crippen molar-refractivity contribution in [2.75, 3.05) is 23.3 Å². The molecule has 37 heavy (non-hydrogen) atoms. The third kappa shape index (κ3) is 5.83. The van der Waals surface area contributed by atoms with Crippen molar-refractivity contribution in [3.8, 4) is 28.7 Å². The van der Waals surface area contributed by atoms with Crippen LogP contribution in [0.5, 0.6) is 0 Å². The van der Waals surface area contributed by atoms with Gasteiger partial charge in [0, 0.05) is 24.7 Å². The average Bonchev–Trinajstić information content (AvgIpc) is 3.57. The zero-order valence-corrected chi connectivity index (χ0v) is 19.9. The first-order chi connectivity index (χ1) is 18.1. The van der Waals surface area contributed by atoms with Crippen LogP contribution in [0.3, 0.4) is 0 Å². The van der Waals surface area contributed by atoms with Crippen LogP contribution in [-0.4, -0.2) is 55.2 Å². The fraction of sp³-hybridized carbons (Fsp3) is 0.269. The van der Waals surface area contributed by atoms with Crippen LogP contribution in [0.15, 0.2) is 54.7 Å². The summed E-state index contributed by atoms with van der Waals surface area (Å²) in [6.07, 6.45) is 5.59. The van der Waals surface area contributed by atoms with Crippen LogP contribution in [0, 0.1) is 11.3 Å². The van der Waals surface area contributed by atoms with E-state index in [0.717, 1.165) is 48.7 Å². The summed E-state index contributed by atoms with van der Waals surface area (Å²) < 4.78 is 1.78. The molecule has 3 aromatic heterocycles. The lowest BCUT2D eigenvalue weighted by Crippen LogP contribution is -2.37. The van der Waals surface area contributed by atoms with Crippen LogP contribution in [-0.2, 0) is 16.1 Å². The number of nitrogens with zero attached hydrogens (tertiary/aromatic N) is 8. The molecule has 184 valence electrons. The number of aromatic nitrogens is 6. The number of anilines is 2. The zero-order chi connectivity index (χ0) is 25.6. The molecule has 1 saturated heterocycles. The van der Waals surface area contributed by atoms with Gasteiger partial charge in [0.2, 0.25) is 5.95 Å². The maximum absolute atomic E-state index is 9.29. The van der Waals surface area contributed by atoms with E-state index in [1.807, 2.05) is 48.7 Å². The van der Waals surface area contributed by atoms with Gasteiger partial charge in [0.25, 0.3) is 0 Å². The van der Waals surface area contributed by atoms with Crippen molar-refractivity contribution < 1.29 is 9.59 Å². The van der Waals surface area contributed by atoms with Gasteiger partial charge in [0.05, 0.1) is 41.5 Å². The molecule has 4 heterocycles. The second kappa shape index (κ2) is 10.8. The number of hydrogen-bond acceptors (Lipinski definition) is 10. The van der Waals surface area contributed by atoms with E-state index in [1.54, 1.807) is 10.7 Å². The molecule has 2 aliphatic rings. The van der Waals surface area contributed by atoms with Gasteiger partial charge in [0.1, 0.15) is 11.5 Å². The van der Waals surface area contributed by atoms with E-state index in [0.29, 0.717) is 35.5 Å². The summed E-state index contributed by atoms with van der Waals surface area (Å²) in [6, 6.07) is 18.0. The van der Waals surface area contributed by atoms with Crippen molar-refractivity contribution in [2.24, 2.45) is 0 Å². The minimum atomic E-state index is 0.250.